The summed E-state index contributed by atoms with van der Waals surface area (Å²) in [5.41, 5.74) is 1.29. The Morgan fingerprint density at radius 3 is 2.78 bits per heavy atom. The Labute approximate surface area is 165 Å². The van der Waals surface area contributed by atoms with E-state index in [1.165, 1.54) is 5.56 Å². The molecule has 1 aliphatic rings. The van der Waals surface area contributed by atoms with E-state index in [0.29, 0.717) is 5.92 Å². The molecule has 2 aromatic rings. The summed E-state index contributed by atoms with van der Waals surface area (Å²) in [5.74, 6) is 1.34. The first kappa shape index (κ1) is 19.8. The molecule has 0 unspecified atom stereocenters. The minimum absolute atomic E-state index is 0.00133. The topological polar surface area (TPSA) is 54.5 Å². The van der Waals surface area contributed by atoms with Gasteiger partial charge < -0.3 is 10.1 Å². The Morgan fingerprint density at radius 1 is 1.37 bits per heavy atom. The largest absolute Gasteiger partial charge is 0.497 e. The Balaban J connectivity index is 1.68. The number of hydrogen-bond donors (Lipinski definition) is 1. The summed E-state index contributed by atoms with van der Waals surface area (Å²) in [6, 6.07) is 8.28. The average Bonchev–Trinajstić information content (AvgIpc) is 3.21. The SMILES string of the molecule is COc1ccc(CN2CCC[C@@H]([C@H](NC(=O)C(C)C)c3nccs3)C2)cc1. The molecule has 2 heterocycles. The van der Waals surface area contributed by atoms with Crippen molar-refractivity contribution in [2.24, 2.45) is 11.8 Å². The maximum Gasteiger partial charge on any atom is 0.223 e. The highest BCUT2D eigenvalue weighted by Crippen LogP contribution is 2.32. The van der Waals surface area contributed by atoms with E-state index in [-0.39, 0.29) is 17.9 Å². The van der Waals surface area contributed by atoms with Crippen molar-refractivity contribution in [3.05, 3.63) is 46.4 Å². The lowest BCUT2D eigenvalue weighted by molar-refractivity contribution is -0.125. The van der Waals surface area contributed by atoms with Crippen molar-refractivity contribution in [1.29, 1.82) is 0 Å². The molecule has 0 aliphatic carbocycles. The first-order valence-corrected chi connectivity index (χ1v) is 10.5. The van der Waals surface area contributed by atoms with Crippen LogP contribution in [0.15, 0.2) is 35.8 Å². The summed E-state index contributed by atoms with van der Waals surface area (Å²) in [6.07, 6.45) is 4.08. The number of piperidine rings is 1. The van der Waals surface area contributed by atoms with Crippen LogP contribution in [0.1, 0.15) is 43.3 Å². The first-order chi connectivity index (χ1) is 13.1. The number of carbonyl (C=O) groups excluding carboxylic acids is 1. The quantitative estimate of drug-likeness (QED) is 0.783. The van der Waals surface area contributed by atoms with Gasteiger partial charge in [0, 0.05) is 30.6 Å². The van der Waals surface area contributed by atoms with Gasteiger partial charge in [0.05, 0.1) is 13.2 Å². The predicted octanol–water partition coefficient (Wildman–Crippen LogP) is 3.88. The fourth-order valence-corrected chi connectivity index (χ4v) is 4.37. The van der Waals surface area contributed by atoms with Gasteiger partial charge in [-0.2, -0.15) is 0 Å². The molecular weight excluding hydrogens is 358 g/mol. The summed E-state index contributed by atoms with van der Waals surface area (Å²) in [6.45, 7) is 6.85. The van der Waals surface area contributed by atoms with E-state index in [0.717, 1.165) is 43.2 Å². The van der Waals surface area contributed by atoms with Crippen LogP contribution in [0, 0.1) is 11.8 Å². The molecule has 1 amide bonds. The molecule has 1 saturated heterocycles. The van der Waals surface area contributed by atoms with Gasteiger partial charge in [-0.25, -0.2) is 4.98 Å². The number of benzene rings is 1. The number of carbonyl (C=O) groups is 1. The fourth-order valence-electron chi connectivity index (χ4n) is 3.59. The molecule has 6 heteroatoms. The molecule has 0 bridgehead atoms. The lowest BCUT2D eigenvalue weighted by Crippen LogP contribution is -2.43. The molecule has 27 heavy (non-hydrogen) atoms. The number of thiazole rings is 1. The molecule has 1 N–H and O–H groups in total. The van der Waals surface area contributed by atoms with Gasteiger partial charge in [-0.1, -0.05) is 26.0 Å². The second kappa shape index (κ2) is 9.33. The lowest BCUT2D eigenvalue weighted by Gasteiger charge is -2.37. The summed E-state index contributed by atoms with van der Waals surface area (Å²) >= 11 is 1.63. The Morgan fingerprint density at radius 2 is 2.15 bits per heavy atom. The number of aromatic nitrogens is 1. The van der Waals surface area contributed by atoms with Gasteiger partial charge in [-0.05, 0) is 43.0 Å². The highest BCUT2D eigenvalue weighted by Gasteiger charge is 2.31. The molecule has 1 fully saturated rings. The molecule has 5 nitrogen and oxygen atoms in total. The van der Waals surface area contributed by atoms with Gasteiger partial charge in [0.1, 0.15) is 10.8 Å². The third-order valence-corrected chi connectivity index (χ3v) is 5.98. The molecule has 0 saturated carbocycles. The molecule has 2 atom stereocenters. The van der Waals surface area contributed by atoms with Crippen molar-refractivity contribution in [3.8, 4) is 5.75 Å². The van der Waals surface area contributed by atoms with Crippen molar-refractivity contribution in [3.63, 3.8) is 0 Å². The van der Waals surface area contributed by atoms with Crippen LogP contribution < -0.4 is 10.1 Å². The maximum absolute atomic E-state index is 12.4. The van der Waals surface area contributed by atoms with E-state index < -0.39 is 0 Å². The smallest absolute Gasteiger partial charge is 0.223 e. The van der Waals surface area contributed by atoms with Crippen LogP contribution in [-0.2, 0) is 11.3 Å². The van der Waals surface area contributed by atoms with Crippen molar-refractivity contribution < 1.29 is 9.53 Å². The van der Waals surface area contributed by atoms with E-state index in [4.69, 9.17) is 4.74 Å². The second-order valence-electron chi connectivity index (χ2n) is 7.50. The Kier molecular flexibility index (Phi) is 6.85. The predicted molar refractivity (Wildman–Crippen MR) is 109 cm³/mol. The number of rotatable bonds is 7. The number of nitrogens with zero attached hydrogens (tertiary/aromatic N) is 2. The van der Waals surface area contributed by atoms with E-state index in [1.54, 1.807) is 18.4 Å². The van der Waals surface area contributed by atoms with Crippen LogP contribution in [0.2, 0.25) is 0 Å². The molecular formula is C21H29N3O2S. The molecule has 3 rings (SSSR count). The lowest BCUT2D eigenvalue weighted by atomic mass is 9.90. The second-order valence-corrected chi connectivity index (χ2v) is 8.42. The average molecular weight is 388 g/mol. The van der Waals surface area contributed by atoms with Crippen molar-refractivity contribution in [2.45, 2.75) is 39.3 Å². The van der Waals surface area contributed by atoms with E-state index >= 15 is 0 Å². The van der Waals surface area contributed by atoms with Gasteiger partial charge in [0.15, 0.2) is 0 Å². The van der Waals surface area contributed by atoms with Crippen LogP contribution in [0.25, 0.3) is 0 Å². The zero-order valence-corrected chi connectivity index (χ0v) is 17.2. The number of amides is 1. The van der Waals surface area contributed by atoms with Crippen molar-refractivity contribution >= 4 is 17.2 Å². The number of likely N-dealkylation sites (tertiary alicyclic amines) is 1. The van der Waals surface area contributed by atoms with Gasteiger partial charge in [0.25, 0.3) is 0 Å². The van der Waals surface area contributed by atoms with Crippen LogP contribution in [0.3, 0.4) is 0 Å². The molecule has 1 aromatic heterocycles. The van der Waals surface area contributed by atoms with Crippen molar-refractivity contribution in [1.82, 2.24) is 15.2 Å². The monoisotopic (exact) mass is 387 g/mol. The molecule has 1 aliphatic heterocycles. The minimum Gasteiger partial charge on any atom is -0.497 e. The summed E-state index contributed by atoms with van der Waals surface area (Å²) < 4.78 is 5.25. The van der Waals surface area contributed by atoms with E-state index in [2.05, 4.69) is 27.3 Å². The standard InChI is InChI=1S/C21H29N3O2S/c1-15(2)20(25)23-19(21-22-10-12-27-21)17-5-4-11-24(14-17)13-16-6-8-18(26-3)9-7-16/h6-10,12,15,17,19H,4-5,11,13-14H2,1-3H3,(H,23,25)/t17-,19+/m1/s1. The molecule has 0 radical (unpaired) electrons. The zero-order valence-electron chi connectivity index (χ0n) is 16.4. The minimum atomic E-state index is -0.0218. The van der Waals surface area contributed by atoms with Crippen LogP contribution in [-0.4, -0.2) is 36.0 Å². The van der Waals surface area contributed by atoms with Crippen LogP contribution in [0.5, 0.6) is 5.75 Å². The van der Waals surface area contributed by atoms with E-state index in [1.807, 2.05) is 37.6 Å². The summed E-state index contributed by atoms with van der Waals surface area (Å²) in [4.78, 5) is 19.4. The van der Waals surface area contributed by atoms with Crippen molar-refractivity contribution in [2.75, 3.05) is 20.2 Å². The van der Waals surface area contributed by atoms with Crippen LogP contribution >= 0.6 is 11.3 Å². The third kappa shape index (κ3) is 5.30. The maximum atomic E-state index is 12.4. The normalized spacial score (nSPS) is 19.0. The van der Waals surface area contributed by atoms with E-state index in [9.17, 15) is 4.79 Å². The number of methoxy groups -OCH3 is 1. The summed E-state index contributed by atoms with van der Waals surface area (Å²) in [5, 5.41) is 6.26. The molecule has 1 aromatic carbocycles. The van der Waals surface area contributed by atoms with Gasteiger partial charge in [0.2, 0.25) is 5.91 Å². The zero-order chi connectivity index (χ0) is 19.2. The molecule has 0 spiro atoms. The molecule has 146 valence electrons. The number of nitrogens with one attached hydrogen (secondary N) is 1. The van der Waals surface area contributed by atoms with Gasteiger partial charge in [-0.15, -0.1) is 11.3 Å². The number of hydrogen-bond acceptors (Lipinski definition) is 5. The first-order valence-electron chi connectivity index (χ1n) is 9.62. The highest BCUT2D eigenvalue weighted by atomic mass is 32.1. The number of ether oxygens (including phenoxy) is 1. The Bertz CT molecular complexity index is 716. The van der Waals surface area contributed by atoms with Crippen LogP contribution in [0.4, 0.5) is 0 Å². The highest BCUT2D eigenvalue weighted by molar-refractivity contribution is 7.09. The third-order valence-electron chi connectivity index (χ3n) is 5.12. The fraction of sp³-hybridized carbons (Fsp3) is 0.524. The summed E-state index contributed by atoms with van der Waals surface area (Å²) in [7, 11) is 1.69. The van der Waals surface area contributed by atoms with Gasteiger partial charge in [-0.3, -0.25) is 9.69 Å². The van der Waals surface area contributed by atoms with Gasteiger partial charge >= 0.3 is 0 Å². The Hall–Kier alpha value is -1.92.